The van der Waals surface area contributed by atoms with Crippen molar-refractivity contribution in [2.45, 2.75) is 45.3 Å². The minimum absolute atomic E-state index is 0.0843. The first kappa shape index (κ1) is 13.5. The molecule has 0 fully saturated rings. The summed E-state index contributed by atoms with van der Waals surface area (Å²) in [6.07, 6.45) is 2.45. The summed E-state index contributed by atoms with van der Waals surface area (Å²) in [5.74, 6) is -0.335. The van der Waals surface area contributed by atoms with Crippen LogP contribution in [0, 0.1) is 0 Å². The quantitative estimate of drug-likeness (QED) is 0.748. The van der Waals surface area contributed by atoms with E-state index < -0.39 is 11.7 Å². The topological polar surface area (TPSA) is 64.6 Å². The van der Waals surface area contributed by atoms with Crippen LogP contribution in [0.1, 0.15) is 33.6 Å². The van der Waals surface area contributed by atoms with Gasteiger partial charge in [-0.05, 0) is 33.6 Å². The first-order valence-corrected chi connectivity index (χ1v) is 5.58. The third-order valence-corrected chi connectivity index (χ3v) is 2.28. The monoisotopic (exact) mass is 241 g/mol. The summed E-state index contributed by atoms with van der Waals surface area (Å²) < 4.78 is 9.75. The summed E-state index contributed by atoms with van der Waals surface area (Å²) in [7, 11) is 1.35. The molecule has 1 aliphatic carbocycles. The molecular formula is C12H19NO4. The summed E-state index contributed by atoms with van der Waals surface area (Å²) in [5.41, 5.74) is 0.0925. The van der Waals surface area contributed by atoms with E-state index in [0.717, 1.165) is 0 Å². The second-order valence-electron chi connectivity index (χ2n) is 5.00. The molecule has 5 nitrogen and oxygen atoms in total. The van der Waals surface area contributed by atoms with E-state index in [-0.39, 0.29) is 12.0 Å². The molecular weight excluding hydrogens is 222 g/mol. The lowest BCUT2D eigenvalue weighted by atomic mass is 10.2. The maximum atomic E-state index is 11.5. The number of alkyl carbamates (subject to hydrolysis) is 1. The van der Waals surface area contributed by atoms with Crippen LogP contribution in [-0.2, 0) is 14.3 Å². The zero-order valence-electron chi connectivity index (χ0n) is 10.7. The molecule has 0 aliphatic heterocycles. The normalized spacial score (nSPS) is 19.5. The minimum Gasteiger partial charge on any atom is -0.466 e. The fraction of sp³-hybridized carbons (Fsp3) is 0.667. The van der Waals surface area contributed by atoms with Gasteiger partial charge in [-0.1, -0.05) is 6.08 Å². The maximum Gasteiger partial charge on any atom is 0.407 e. The van der Waals surface area contributed by atoms with Gasteiger partial charge in [0.15, 0.2) is 0 Å². The molecule has 1 atom stereocenters. The fourth-order valence-corrected chi connectivity index (χ4v) is 1.60. The third kappa shape index (κ3) is 4.46. The van der Waals surface area contributed by atoms with E-state index in [9.17, 15) is 9.59 Å². The number of amides is 1. The number of methoxy groups -OCH3 is 1. The van der Waals surface area contributed by atoms with Crippen LogP contribution < -0.4 is 5.32 Å². The van der Waals surface area contributed by atoms with Crippen LogP contribution in [0.2, 0.25) is 0 Å². The number of ether oxygens (including phenoxy) is 2. The molecule has 5 heteroatoms. The van der Waals surface area contributed by atoms with Gasteiger partial charge in [0.05, 0.1) is 7.11 Å². The van der Waals surface area contributed by atoms with Gasteiger partial charge in [0.2, 0.25) is 0 Å². The summed E-state index contributed by atoms with van der Waals surface area (Å²) in [6, 6.07) is -0.0843. The molecule has 0 aromatic rings. The minimum atomic E-state index is -0.513. The number of esters is 1. The predicted octanol–water partition coefficient (Wildman–Crippen LogP) is 1.77. The Morgan fingerprint density at radius 1 is 1.41 bits per heavy atom. The van der Waals surface area contributed by atoms with Crippen molar-refractivity contribution in [3.05, 3.63) is 11.6 Å². The van der Waals surface area contributed by atoms with Crippen LogP contribution in [0.4, 0.5) is 4.79 Å². The second kappa shape index (κ2) is 5.21. The number of hydrogen-bond acceptors (Lipinski definition) is 4. The van der Waals surface area contributed by atoms with E-state index in [1.54, 1.807) is 26.8 Å². The van der Waals surface area contributed by atoms with E-state index >= 15 is 0 Å². The molecule has 1 aliphatic rings. The Bertz CT molecular complexity index is 341. The molecule has 0 saturated heterocycles. The van der Waals surface area contributed by atoms with Gasteiger partial charge in [0, 0.05) is 11.6 Å². The molecule has 0 heterocycles. The first-order valence-electron chi connectivity index (χ1n) is 5.58. The van der Waals surface area contributed by atoms with Crippen molar-refractivity contribution < 1.29 is 19.1 Å². The number of carbonyl (C=O) groups excluding carboxylic acids is 2. The standard InChI is InChI=1S/C12H19NO4/c1-12(2,3)17-11(15)13-9-6-5-8(7-9)10(14)16-4/h5,9H,6-7H2,1-4H3,(H,13,15). The molecule has 1 amide bonds. The largest absolute Gasteiger partial charge is 0.466 e. The van der Waals surface area contributed by atoms with Crippen LogP contribution in [0.25, 0.3) is 0 Å². The lowest BCUT2D eigenvalue weighted by Gasteiger charge is -2.21. The van der Waals surface area contributed by atoms with Gasteiger partial charge in [-0.2, -0.15) is 0 Å². The van der Waals surface area contributed by atoms with E-state index in [0.29, 0.717) is 18.4 Å². The molecule has 17 heavy (non-hydrogen) atoms. The van der Waals surface area contributed by atoms with E-state index in [1.807, 2.05) is 0 Å². The molecule has 0 bridgehead atoms. The van der Waals surface area contributed by atoms with Crippen LogP contribution in [0.5, 0.6) is 0 Å². The third-order valence-electron chi connectivity index (χ3n) is 2.28. The predicted molar refractivity (Wildman–Crippen MR) is 62.5 cm³/mol. The Labute approximate surface area is 101 Å². The Balaban J connectivity index is 2.38. The molecule has 0 aromatic carbocycles. The zero-order chi connectivity index (χ0) is 13.1. The number of hydrogen-bond donors (Lipinski definition) is 1. The van der Waals surface area contributed by atoms with E-state index in [2.05, 4.69) is 10.1 Å². The Morgan fingerprint density at radius 2 is 2.06 bits per heavy atom. The lowest BCUT2D eigenvalue weighted by Crippen LogP contribution is -2.38. The number of carbonyl (C=O) groups is 2. The molecule has 1 rings (SSSR count). The molecule has 1 N–H and O–H groups in total. The van der Waals surface area contributed by atoms with Crippen molar-refractivity contribution in [1.82, 2.24) is 5.32 Å². The number of rotatable bonds is 2. The molecule has 0 saturated carbocycles. The Kier molecular flexibility index (Phi) is 4.15. The number of nitrogens with one attached hydrogen (secondary N) is 1. The second-order valence-corrected chi connectivity index (χ2v) is 5.00. The van der Waals surface area contributed by atoms with Crippen molar-refractivity contribution in [3.8, 4) is 0 Å². The molecule has 1 unspecified atom stereocenters. The summed E-state index contributed by atoms with van der Waals surface area (Å²) in [4.78, 5) is 22.7. The van der Waals surface area contributed by atoms with Gasteiger partial charge in [0.25, 0.3) is 0 Å². The fourth-order valence-electron chi connectivity index (χ4n) is 1.60. The van der Waals surface area contributed by atoms with Crippen LogP contribution >= 0.6 is 0 Å². The van der Waals surface area contributed by atoms with Gasteiger partial charge >= 0.3 is 12.1 Å². The van der Waals surface area contributed by atoms with Gasteiger partial charge < -0.3 is 14.8 Å². The highest BCUT2D eigenvalue weighted by atomic mass is 16.6. The first-order chi connectivity index (χ1) is 7.81. The van der Waals surface area contributed by atoms with Crippen LogP contribution in [-0.4, -0.2) is 30.8 Å². The van der Waals surface area contributed by atoms with E-state index in [1.165, 1.54) is 7.11 Å². The van der Waals surface area contributed by atoms with Crippen molar-refractivity contribution in [1.29, 1.82) is 0 Å². The van der Waals surface area contributed by atoms with Crippen molar-refractivity contribution >= 4 is 12.1 Å². The van der Waals surface area contributed by atoms with Gasteiger partial charge in [-0.3, -0.25) is 0 Å². The van der Waals surface area contributed by atoms with Gasteiger partial charge in [-0.15, -0.1) is 0 Å². The summed E-state index contributed by atoms with van der Waals surface area (Å²) >= 11 is 0. The van der Waals surface area contributed by atoms with Crippen molar-refractivity contribution in [2.24, 2.45) is 0 Å². The Hall–Kier alpha value is -1.52. The highest BCUT2D eigenvalue weighted by Crippen LogP contribution is 2.20. The lowest BCUT2D eigenvalue weighted by molar-refractivity contribution is -0.136. The van der Waals surface area contributed by atoms with Crippen LogP contribution in [0.3, 0.4) is 0 Å². The summed E-state index contributed by atoms with van der Waals surface area (Å²) in [5, 5.41) is 2.72. The molecule has 0 radical (unpaired) electrons. The molecule has 0 aromatic heterocycles. The average Bonchev–Trinajstić information content (AvgIpc) is 2.62. The Morgan fingerprint density at radius 3 is 2.59 bits per heavy atom. The smallest absolute Gasteiger partial charge is 0.407 e. The van der Waals surface area contributed by atoms with Crippen molar-refractivity contribution in [2.75, 3.05) is 7.11 Å². The van der Waals surface area contributed by atoms with Crippen molar-refractivity contribution in [3.63, 3.8) is 0 Å². The van der Waals surface area contributed by atoms with Gasteiger partial charge in [0.1, 0.15) is 5.60 Å². The average molecular weight is 241 g/mol. The molecule has 0 spiro atoms. The summed E-state index contributed by atoms with van der Waals surface area (Å²) in [6.45, 7) is 5.41. The SMILES string of the molecule is COC(=O)C1=CCC(NC(=O)OC(C)(C)C)C1. The zero-order valence-corrected chi connectivity index (χ0v) is 10.7. The maximum absolute atomic E-state index is 11.5. The highest BCUT2D eigenvalue weighted by Gasteiger charge is 2.25. The van der Waals surface area contributed by atoms with Crippen LogP contribution in [0.15, 0.2) is 11.6 Å². The molecule has 96 valence electrons. The highest BCUT2D eigenvalue weighted by molar-refractivity contribution is 5.89. The van der Waals surface area contributed by atoms with Gasteiger partial charge in [-0.25, -0.2) is 9.59 Å². The van der Waals surface area contributed by atoms with E-state index in [4.69, 9.17) is 4.74 Å².